The lowest BCUT2D eigenvalue weighted by Crippen LogP contribution is -2.13. The number of nitrogens with zero attached hydrogens (tertiary/aromatic N) is 2. The number of aryl methyl sites for hydroxylation is 2. The van der Waals surface area contributed by atoms with Gasteiger partial charge < -0.3 is 11.1 Å². The van der Waals surface area contributed by atoms with Crippen molar-refractivity contribution in [2.24, 2.45) is 12.8 Å². The summed E-state index contributed by atoms with van der Waals surface area (Å²) in [6.07, 6.45) is 0. The summed E-state index contributed by atoms with van der Waals surface area (Å²) in [6, 6.07) is 8.39. The molecule has 0 saturated heterocycles. The molecule has 21 heavy (non-hydrogen) atoms. The van der Waals surface area contributed by atoms with Gasteiger partial charge in [0.05, 0.1) is 11.3 Å². The van der Waals surface area contributed by atoms with Crippen LogP contribution in [0, 0.1) is 6.92 Å². The second kappa shape index (κ2) is 5.48. The Balaban J connectivity index is 2.33. The van der Waals surface area contributed by atoms with Gasteiger partial charge in [0.2, 0.25) is 0 Å². The number of nitrogens with two attached hydrogens (primary N) is 1. The highest BCUT2D eigenvalue weighted by molar-refractivity contribution is 7.80. The van der Waals surface area contributed by atoms with E-state index in [0.29, 0.717) is 4.99 Å². The molecule has 112 valence electrons. The number of hydrogen-bond donors (Lipinski definition) is 2. The molecule has 2 aromatic rings. The van der Waals surface area contributed by atoms with Crippen molar-refractivity contribution in [1.29, 1.82) is 0 Å². The van der Waals surface area contributed by atoms with Crippen molar-refractivity contribution in [3.8, 4) is 0 Å². The van der Waals surface area contributed by atoms with E-state index in [1.165, 1.54) is 5.56 Å². The van der Waals surface area contributed by atoms with E-state index >= 15 is 0 Å². The number of rotatable bonds is 3. The molecule has 1 heterocycles. The van der Waals surface area contributed by atoms with E-state index in [1.807, 2.05) is 14.0 Å². The Labute approximate surface area is 131 Å². The van der Waals surface area contributed by atoms with Gasteiger partial charge in [0.25, 0.3) is 0 Å². The molecule has 0 amide bonds. The predicted octanol–water partition coefficient (Wildman–Crippen LogP) is 3.40. The topological polar surface area (TPSA) is 55.9 Å². The summed E-state index contributed by atoms with van der Waals surface area (Å²) in [4.78, 5) is 0.356. The second-order valence-corrected chi connectivity index (χ2v) is 6.69. The smallest absolute Gasteiger partial charge is 0.138 e. The van der Waals surface area contributed by atoms with Gasteiger partial charge in [-0.2, -0.15) is 5.10 Å². The van der Waals surface area contributed by atoms with Gasteiger partial charge in [-0.05, 0) is 30.0 Å². The van der Waals surface area contributed by atoms with Gasteiger partial charge in [-0.25, -0.2) is 0 Å². The number of anilines is 2. The van der Waals surface area contributed by atoms with E-state index in [4.69, 9.17) is 18.0 Å². The van der Waals surface area contributed by atoms with Crippen molar-refractivity contribution in [3.63, 3.8) is 0 Å². The van der Waals surface area contributed by atoms with Crippen molar-refractivity contribution >= 4 is 28.7 Å². The Bertz CT molecular complexity index is 663. The molecule has 5 heteroatoms. The highest BCUT2D eigenvalue weighted by Gasteiger charge is 2.16. The van der Waals surface area contributed by atoms with Crippen LogP contribution in [0.3, 0.4) is 0 Å². The minimum absolute atomic E-state index is 0.144. The van der Waals surface area contributed by atoms with Crippen LogP contribution in [0.15, 0.2) is 24.3 Å². The lowest BCUT2D eigenvalue weighted by atomic mass is 9.87. The third kappa shape index (κ3) is 3.24. The van der Waals surface area contributed by atoms with Crippen LogP contribution in [0.4, 0.5) is 11.5 Å². The van der Waals surface area contributed by atoms with E-state index in [0.717, 1.165) is 22.8 Å². The average molecular weight is 302 g/mol. The molecular formula is C16H22N4S. The third-order valence-electron chi connectivity index (χ3n) is 3.48. The van der Waals surface area contributed by atoms with Gasteiger partial charge in [-0.3, -0.25) is 4.68 Å². The van der Waals surface area contributed by atoms with Crippen LogP contribution in [0.25, 0.3) is 0 Å². The monoisotopic (exact) mass is 302 g/mol. The Morgan fingerprint density at radius 3 is 2.29 bits per heavy atom. The van der Waals surface area contributed by atoms with Gasteiger partial charge in [0.1, 0.15) is 10.8 Å². The summed E-state index contributed by atoms with van der Waals surface area (Å²) in [5.74, 6) is 0.823. The van der Waals surface area contributed by atoms with Crippen LogP contribution in [-0.4, -0.2) is 14.8 Å². The molecule has 1 aromatic heterocycles. The predicted molar refractivity (Wildman–Crippen MR) is 92.3 cm³/mol. The molecule has 4 nitrogen and oxygen atoms in total. The molecule has 0 radical (unpaired) electrons. The van der Waals surface area contributed by atoms with Crippen LogP contribution in [0.1, 0.15) is 37.6 Å². The molecule has 2 rings (SSSR count). The lowest BCUT2D eigenvalue weighted by Gasteiger charge is -2.19. The SMILES string of the molecule is Cc1nn(C)c(Nc2ccc(C(C)(C)C)cc2)c1C(N)=S. The van der Waals surface area contributed by atoms with E-state index in [1.54, 1.807) is 4.68 Å². The highest BCUT2D eigenvalue weighted by atomic mass is 32.1. The maximum atomic E-state index is 5.80. The fourth-order valence-electron chi connectivity index (χ4n) is 2.29. The first-order valence-electron chi connectivity index (χ1n) is 6.91. The lowest BCUT2D eigenvalue weighted by molar-refractivity contribution is 0.590. The Morgan fingerprint density at radius 2 is 1.81 bits per heavy atom. The van der Waals surface area contributed by atoms with Gasteiger partial charge in [-0.15, -0.1) is 0 Å². The van der Waals surface area contributed by atoms with E-state index in [9.17, 15) is 0 Å². The third-order valence-corrected chi connectivity index (χ3v) is 3.69. The Hall–Kier alpha value is -1.88. The van der Waals surface area contributed by atoms with E-state index in [-0.39, 0.29) is 5.41 Å². The van der Waals surface area contributed by atoms with Crippen LogP contribution < -0.4 is 11.1 Å². The number of aromatic nitrogens is 2. The summed E-state index contributed by atoms with van der Waals surface area (Å²) in [6.45, 7) is 8.50. The Kier molecular flexibility index (Phi) is 4.05. The fourth-order valence-corrected chi connectivity index (χ4v) is 2.53. The van der Waals surface area contributed by atoms with E-state index in [2.05, 4.69) is 55.5 Å². The molecule has 0 bridgehead atoms. The standard InChI is InChI=1S/C16H22N4S/c1-10-13(14(17)21)15(20(5)19-10)18-12-8-6-11(7-9-12)16(2,3)4/h6-9,18H,1-5H3,(H2,17,21). The highest BCUT2D eigenvalue weighted by Crippen LogP contribution is 2.26. The maximum absolute atomic E-state index is 5.80. The number of hydrogen-bond acceptors (Lipinski definition) is 3. The first kappa shape index (κ1) is 15.5. The minimum Gasteiger partial charge on any atom is -0.389 e. The molecule has 0 unspecified atom stereocenters. The molecule has 0 aliphatic carbocycles. The van der Waals surface area contributed by atoms with Gasteiger partial charge in [-0.1, -0.05) is 45.1 Å². The summed E-state index contributed by atoms with van der Waals surface area (Å²) in [5.41, 5.74) is 9.86. The van der Waals surface area contributed by atoms with Crippen LogP contribution in [0.5, 0.6) is 0 Å². The van der Waals surface area contributed by atoms with E-state index < -0.39 is 0 Å². The quantitative estimate of drug-likeness (QED) is 0.853. The zero-order chi connectivity index (χ0) is 15.8. The molecule has 0 aliphatic heterocycles. The van der Waals surface area contributed by atoms with Gasteiger partial charge >= 0.3 is 0 Å². The number of nitrogens with one attached hydrogen (secondary N) is 1. The molecule has 0 spiro atoms. The largest absolute Gasteiger partial charge is 0.389 e. The van der Waals surface area contributed by atoms with Crippen LogP contribution >= 0.6 is 12.2 Å². The molecule has 0 fully saturated rings. The van der Waals surface area contributed by atoms with Crippen molar-refractivity contribution in [1.82, 2.24) is 9.78 Å². The number of benzene rings is 1. The molecule has 0 atom stereocenters. The fraction of sp³-hybridized carbons (Fsp3) is 0.375. The van der Waals surface area contributed by atoms with Gasteiger partial charge in [0.15, 0.2) is 0 Å². The normalized spacial score (nSPS) is 11.5. The van der Waals surface area contributed by atoms with Gasteiger partial charge in [0, 0.05) is 12.7 Å². The summed E-state index contributed by atoms with van der Waals surface area (Å²) in [5, 5.41) is 7.73. The Morgan fingerprint density at radius 1 is 1.24 bits per heavy atom. The zero-order valence-electron chi connectivity index (χ0n) is 13.2. The molecular weight excluding hydrogens is 280 g/mol. The van der Waals surface area contributed by atoms with Crippen LogP contribution in [0.2, 0.25) is 0 Å². The second-order valence-electron chi connectivity index (χ2n) is 6.25. The molecule has 3 N–H and O–H groups in total. The first-order chi connectivity index (χ1) is 9.70. The van der Waals surface area contributed by atoms with Crippen molar-refractivity contribution < 1.29 is 0 Å². The summed E-state index contributed by atoms with van der Waals surface area (Å²) >= 11 is 5.12. The zero-order valence-corrected chi connectivity index (χ0v) is 14.0. The van der Waals surface area contributed by atoms with Crippen molar-refractivity contribution in [2.75, 3.05) is 5.32 Å². The van der Waals surface area contributed by atoms with Crippen molar-refractivity contribution in [3.05, 3.63) is 41.1 Å². The maximum Gasteiger partial charge on any atom is 0.138 e. The molecule has 0 saturated carbocycles. The average Bonchev–Trinajstić information content (AvgIpc) is 2.63. The summed E-state index contributed by atoms with van der Waals surface area (Å²) in [7, 11) is 1.88. The summed E-state index contributed by atoms with van der Waals surface area (Å²) < 4.78 is 1.77. The molecule has 1 aromatic carbocycles. The first-order valence-corrected chi connectivity index (χ1v) is 7.32. The van der Waals surface area contributed by atoms with Crippen LogP contribution in [-0.2, 0) is 12.5 Å². The minimum atomic E-state index is 0.144. The number of thiocarbonyl (C=S) groups is 1. The van der Waals surface area contributed by atoms with Crippen molar-refractivity contribution in [2.45, 2.75) is 33.1 Å². The molecule has 0 aliphatic rings.